The lowest BCUT2D eigenvalue weighted by Crippen LogP contribution is -2.20. The number of benzene rings is 3. The molecule has 0 aliphatic heterocycles. The molecule has 3 aromatic carbocycles. The van der Waals surface area contributed by atoms with Crippen LogP contribution in [0.3, 0.4) is 0 Å². The Balaban J connectivity index is 1.88. The van der Waals surface area contributed by atoms with E-state index in [4.69, 9.17) is 5.73 Å². The number of carbonyl (C=O) groups is 2. The third kappa shape index (κ3) is 1.57. The average Bonchev–Trinajstić information content (AvgIpc) is 2.95. The van der Waals surface area contributed by atoms with E-state index in [1.54, 1.807) is 36.4 Å². The highest BCUT2D eigenvalue weighted by Gasteiger charge is 2.30. The number of rotatable bonds is 0. The smallest absolute Gasteiger partial charge is 0.194 e. The van der Waals surface area contributed by atoms with Crippen LogP contribution in [0, 0.1) is 0 Å². The maximum atomic E-state index is 12.8. The lowest BCUT2D eigenvalue weighted by molar-refractivity contribution is 0.0979. The lowest BCUT2D eigenvalue weighted by Gasteiger charge is -2.17. The maximum Gasteiger partial charge on any atom is 0.194 e. The molecule has 3 N–H and O–H groups in total. The first kappa shape index (κ1) is 13.1. The van der Waals surface area contributed by atoms with Gasteiger partial charge in [0.15, 0.2) is 11.6 Å². The number of nitrogens with one attached hydrogen (secondary N) is 1. The van der Waals surface area contributed by atoms with Crippen LogP contribution in [0.4, 0.5) is 5.69 Å². The van der Waals surface area contributed by atoms with Crippen LogP contribution in [0.2, 0.25) is 0 Å². The van der Waals surface area contributed by atoms with E-state index in [-0.39, 0.29) is 11.6 Å². The molecule has 0 spiro atoms. The van der Waals surface area contributed by atoms with Gasteiger partial charge in [-0.05, 0) is 30.3 Å². The summed E-state index contributed by atoms with van der Waals surface area (Å²) < 4.78 is 0. The Hall–Kier alpha value is -3.40. The van der Waals surface area contributed by atoms with Gasteiger partial charge in [0.2, 0.25) is 0 Å². The highest BCUT2D eigenvalue weighted by atomic mass is 16.1. The molecule has 0 unspecified atom stereocenters. The van der Waals surface area contributed by atoms with Crippen molar-refractivity contribution in [2.45, 2.75) is 0 Å². The topological polar surface area (TPSA) is 76.0 Å². The van der Waals surface area contributed by atoms with Crippen molar-refractivity contribution < 1.29 is 9.59 Å². The number of aromatic amines is 1. The van der Waals surface area contributed by atoms with E-state index in [0.29, 0.717) is 27.9 Å². The number of carbonyl (C=O) groups excluding carboxylic acids is 2. The first-order chi connectivity index (χ1) is 11.6. The molecule has 114 valence electrons. The molecule has 1 heterocycles. The van der Waals surface area contributed by atoms with Crippen LogP contribution in [0.1, 0.15) is 31.8 Å². The van der Waals surface area contributed by atoms with E-state index in [1.807, 2.05) is 18.2 Å². The van der Waals surface area contributed by atoms with Gasteiger partial charge in [-0.25, -0.2) is 0 Å². The van der Waals surface area contributed by atoms with Gasteiger partial charge in [-0.1, -0.05) is 24.3 Å². The lowest BCUT2D eigenvalue weighted by atomic mass is 9.83. The number of nitrogen functional groups attached to an aromatic ring is 1. The number of hydrogen-bond acceptors (Lipinski definition) is 3. The fraction of sp³-hybridized carbons (Fsp3) is 0. The van der Waals surface area contributed by atoms with Crippen LogP contribution >= 0.6 is 0 Å². The van der Waals surface area contributed by atoms with Crippen LogP contribution in [0.15, 0.2) is 54.6 Å². The van der Waals surface area contributed by atoms with Gasteiger partial charge in [-0.15, -0.1) is 0 Å². The fourth-order valence-corrected chi connectivity index (χ4v) is 3.51. The van der Waals surface area contributed by atoms with Gasteiger partial charge < -0.3 is 10.7 Å². The van der Waals surface area contributed by atoms with Crippen LogP contribution in [-0.2, 0) is 0 Å². The molecule has 1 aromatic heterocycles. The molecule has 1 aliphatic carbocycles. The van der Waals surface area contributed by atoms with Crippen molar-refractivity contribution in [3.63, 3.8) is 0 Å². The molecule has 4 heteroatoms. The molecule has 5 rings (SSSR count). The molecular weight excluding hydrogens is 300 g/mol. The molecule has 0 bridgehead atoms. The quantitative estimate of drug-likeness (QED) is 0.428. The third-order valence-electron chi connectivity index (χ3n) is 4.67. The number of anilines is 1. The van der Waals surface area contributed by atoms with E-state index in [0.717, 1.165) is 21.8 Å². The SMILES string of the molecule is Nc1ccc2[nH]c3cc4c(cc3c2c1)C(=O)c1ccccc1C4=O. The molecular formula is C20H12N2O2. The zero-order valence-electron chi connectivity index (χ0n) is 12.6. The van der Waals surface area contributed by atoms with Gasteiger partial charge in [-0.2, -0.15) is 0 Å². The summed E-state index contributed by atoms with van der Waals surface area (Å²) in [7, 11) is 0. The first-order valence-electron chi connectivity index (χ1n) is 7.67. The van der Waals surface area contributed by atoms with Crippen LogP contribution in [0.25, 0.3) is 21.8 Å². The monoisotopic (exact) mass is 312 g/mol. The van der Waals surface area contributed by atoms with Crippen molar-refractivity contribution in [2.75, 3.05) is 5.73 Å². The molecule has 1 aliphatic rings. The van der Waals surface area contributed by atoms with E-state index >= 15 is 0 Å². The second-order valence-corrected chi connectivity index (χ2v) is 6.08. The molecule has 0 fully saturated rings. The zero-order valence-corrected chi connectivity index (χ0v) is 12.6. The minimum Gasteiger partial charge on any atom is -0.399 e. The Morgan fingerprint density at radius 3 is 2.00 bits per heavy atom. The first-order valence-corrected chi connectivity index (χ1v) is 7.67. The largest absolute Gasteiger partial charge is 0.399 e. The minimum atomic E-state index is -0.111. The van der Waals surface area contributed by atoms with Crippen LogP contribution < -0.4 is 5.73 Å². The van der Waals surface area contributed by atoms with Gasteiger partial charge in [0.1, 0.15) is 0 Å². The van der Waals surface area contributed by atoms with E-state index in [9.17, 15) is 9.59 Å². The summed E-state index contributed by atoms with van der Waals surface area (Å²) in [6, 6.07) is 16.1. The summed E-state index contributed by atoms with van der Waals surface area (Å²) in [5, 5.41) is 1.85. The van der Waals surface area contributed by atoms with Gasteiger partial charge in [0, 0.05) is 49.7 Å². The molecule has 0 saturated heterocycles. The standard InChI is InChI=1S/C20H12N2O2/c21-10-5-6-17-13(7-10)14-8-15-16(9-18(14)22-17)20(24)12-4-2-1-3-11(12)19(15)23/h1-9,22H,21H2. The summed E-state index contributed by atoms with van der Waals surface area (Å²) in [5.74, 6) is -0.222. The predicted octanol–water partition coefficient (Wildman–Crippen LogP) is 3.68. The maximum absolute atomic E-state index is 12.8. The fourth-order valence-electron chi connectivity index (χ4n) is 3.51. The third-order valence-corrected chi connectivity index (χ3v) is 4.67. The normalized spacial score (nSPS) is 13.3. The van der Waals surface area contributed by atoms with Crippen LogP contribution in [0.5, 0.6) is 0 Å². The van der Waals surface area contributed by atoms with Crippen molar-refractivity contribution in [2.24, 2.45) is 0 Å². The minimum absolute atomic E-state index is 0.111. The Morgan fingerprint density at radius 1 is 0.667 bits per heavy atom. The summed E-state index contributed by atoms with van der Waals surface area (Å²) >= 11 is 0. The molecule has 0 radical (unpaired) electrons. The molecule has 24 heavy (non-hydrogen) atoms. The van der Waals surface area contributed by atoms with Crippen LogP contribution in [-0.4, -0.2) is 16.6 Å². The van der Waals surface area contributed by atoms with Gasteiger partial charge in [0.25, 0.3) is 0 Å². The van der Waals surface area contributed by atoms with Gasteiger partial charge >= 0.3 is 0 Å². The van der Waals surface area contributed by atoms with Crippen molar-refractivity contribution >= 4 is 39.1 Å². The van der Waals surface area contributed by atoms with Gasteiger partial charge in [-0.3, -0.25) is 9.59 Å². The van der Waals surface area contributed by atoms with Crippen molar-refractivity contribution in [1.29, 1.82) is 0 Å². The Morgan fingerprint density at radius 2 is 1.29 bits per heavy atom. The second-order valence-electron chi connectivity index (χ2n) is 6.08. The summed E-state index contributed by atoms with van der Waals surface area (Å²) in [5.41, 5.74) is 10.1. The molecule has 4 aromatic rings. The number of ketones is 2. The predicted molar refractivity (Wildman–Crippen MR) is 93.5 cm³/mol. The molecule has 0 amide bonds. The number of nitrogens with two attached hydrogens (primary N) is 1. The molecule has 0 atom stereocenters. The van der Waals surface area contributed by atoms with Gasteiger partial charge in [0.05, 0.1) is 0 Å². The van der Waals surface area contributed by atoms with E-state index < -0.39 is 0 Å². The molecule has 4 nitrogen and oxygen atoms in total. The second kappa shape index (κ2) is 4.32. The number of H-pyrrole nitrogens is 1. The van der Waals surface area contributed by atoms with Crippen molar-refractivity contribution in [3.8, 4) is 0 Å². The summed E-state index contributed by atoms with van der Waals surface area (Å²) in [4.78, 5) is 28.9. The Bertz CT molecular complexity index is 1200. The Labute approximate surface area is 136 Å². The van der Waals surface area contributed by atoms with Crippen molar-refractivity contribution in [1.82, 2.24) is 4.98 Å². The molecule has 0 saturated carbocycles. The highest BCUT2D eigenvalue weighted by Crippen LogP contribution is 2.34. The zero-order chi connectivity index (χ0) is 16.4. The number of fused-ring (bicyclic) bond motifs is 5. The summed E-state index contributed by atoms with van der Waals surface area (Å²) in [6.45, 7) is 0. The average molecular weight is 312 g/mol. The van der Waals surface area contributed by atoms with E-state index in [2.05, 4.69) is 4.98 Å². The van der Waals surface area contributed by atoms with E-state index in [1.165, 1.54) is 0 Å². The Kier molecular flexibility index (Phi) is 2.36. The van der Waals surface area contributed by atoms with Crippen molar-refractivity contribution in [3.05, 3.63) is 76.9 Å². The number of hydrogen-bond donors (Lipinski definition) is 2. The number of aromatic nitrogens is 1. The summed E-state index contributed by atoms with van der Waals surface area (Å²) in [6.07, 6.45) is 0. The highest BCUT2D eigenvalue weighted by molar-refractivity contribution is 6.30.